The van der Waals surface area contributed by atoms with Crippen molar-refractivity contribution in [2.24, 2.45) is 5.73 Å². The molecular weight excluding hydrogens is 588 g/mol. The first-order valence-electron chi connectivity index (χ1n) is 16.6. The van der Waals surface area contributed by atoms with Crippen LogP contribution in [0.5, 0.6) is 0 Å². The van der Waals surface area contributed by atoms with E-state index in [2.05, 4.69) is 45.4 Å². The van der Waals surface area contributed by atoms with Crippen molar-refractivity contribution in [2.45, 2.75) is 57.3 Å². The summed E-state index contributed by atoms with van der Waals surface area (Å²) < 4.78 is 11.2. The summed E-state index contributed by atoms with van der Waals surface area (Å²) in [6.07, 6.45) is 3.56. The van der Waals surface area contributed by atoms with E-state index in [-0.39, 0.29) is 24.6 Å². The van der Waals surface area contributed by atoms with Crippen LogP contribution in [0.4, 0.5) is 16.2 Å². The molecule has 8 heteroatoms. The molecule has 1 heterocycles. The van der Waals surface area contributed by atoms with Gasteiger partial charge in [-0.25, -0.2) is 4.79 Å². The Hall–Kier alpha value is -4.66. The maximum atomic E-state index is 13.8. The molecule has 244 valence electrons. The molecule has 1 aliphatic carbocycles. The highest BCUT2D eigenvalue weighted by molar-refractivity contribution is 5.92. The first kappa shape index (κ1) is 32.3. The van der Waals surface area contributed by atoms with E-state index >= 15 is 0 Å². The second-order valence-electron chi connectivity index (χ2n) is 12.5. The lowest BCUT2D eigenvalue weighted by atomic mass is 9.90. The number of carbonyl (C=O) groups excluding carboxylic acids is 2. The number of hydrogen-bond acceptors (Lipinski definition) is 6. The lowest BCUT2D eigenvalue weighted by Crippen LogP contribution is -2.44. The third kappa shape index (κ3) is 8.78. The minimum absolute atomic E-state index is 0.137. The molecule has 8 nitrogen and oxygen atoms in total. The number of morpholine rings is 1. The minimum atomic E-state index is -0.506. The maximum absolute atomic E-state index is 13.8. The molecule has 4 aromatic rings. The zero-order valence-electron chi connectivity index (χ0n) is 26.9. The molecule has 1 aliphatic heterocycles. The first-order chi connectivity index (χ1) is 23.0. The zero-order chi connectivity index (χ0) is 32.4. The van der Waals surface area contributed by atoms with Gasteiger partial charge in [-0.3, -0.25) is 10.1 Å². The molecular formula is C39H44N4O4. The Morgan fingerprint density at radius 2 is 1.45 bits per heavy atom. The van der Waals surface area contributed by atoms with Crippen LogP contribution >= 0.6 is 0 Å². The van der Waals surface area contributed by atoms with Crippen LogP contribution in [0.2, 0.25) is 0 Å². The predicted octanol–water partition coefficient (Wildman–Crippen LogP) is 6.78. The first-order valence-corrected chi connectivity index (χ1v) is 16.6. The molecule has 1 saturated heterocycles. The van der Waals surface area contributed by atoms with Crippen molar-refractivity contribution < 1.29 is 19.1 Å². The predicted molar refractivity (Wildman–Crippen MR) is 186 cm³/mol. The summed E-state index contributed by atoms with van der Waals surface area (Å²) in [5.74, 6) is 0.137. The van der Waals surface area contributed by atoms with Crippen molar-refractivity contribution >= 4 is 23.4 Å². The van der Waals surface area contributed by atoms with Crippen LogP contribution < -0.4 is 16.0 Å². The zero-order valence-corrected chi connectivity index (χ0v) is 26.9. The van der Waals surface area contributed by atoms with E-state index in [4.69, 9.17) is 15.2 Å². The molecule has 0 aromatic heterocycles. The molecule has 1 saturated carbocycles. The Labute approximate surface area is 277 Å². The molecule has 0 unspecified atom stereocenters. The standard InChI is InChI=1S/C39H44N4O4/c40-34-15-17-35(18-16-34)43(38(44)25-29-8-3-1-4-9-29)27-31-12-7-13-32(24-31)33-14-19-37(42-20-22-46-23-21-42)36(26-33)41-39(45)47-28-30-10-5-2-6-11-30/h1-14,19,24,26,34-35H,15-18,20-23,25,27-28,40H2,(H,41,45). The van der Waals surface area contributed by atoms with E-state index in [0.717, 1.165) is 72.3 Å². The summed E-state index contributed by atoms with van der Waals surface area (Å²) in [4.78, 5) is 31.0. The number of anilines is 2. The van der Waals surface area contributed by atoms with E-state index < -0.39 is 6.09 Å². The van der Waals surface area contributed by atoms with Gasteiger partial charge in [0, 0.05) is 31.7 Å². The summed E-state index contributed by atoms with van der Waals surface area (Å²) in [6.45, 7) is 3.46. The molecule has 2 aliphatic rings. The lowest BCUT2D eigenvalue weighted by Gasteiger charge is -2.36. The van der Waals surface area contributed by atoms with E-state index in [0.29, 0.717) is 31.9 Å². The quantitative estimate of drug-likeness (QED) is 0.200. The van der Waals surface area contributed by atoms with Gasteiger partial charge in [-0.2, -0.15) is 0 Å². The second-order valence-corrected chi connectivity index (χ2v) is 12.5. The van der Waals surface area contributed by atoms with Gasteiger partial charge in [-0.15, -0.1) is 0 Å². The number of nitrogens with two attached hydrogens (primary N) is 1. The second kappa shape index (κ2) is 15.8. The number of amides is 2. The summed E-state index contributed by atoms with van der Waals surface area (Å²) in [7, 11) is 0. The highest BCUT2D eigenvalue weighted by Gasteiger charge is 2.28. The van der Waals surface area contributed by atoms with Crippen LogP contribution in [0.15, 0.2) is 103 Å². The fraction of sp³-hybridized carbons (Fsp3) is 0.333. The van der Waals surface area contributed by atoms with Gasteiger partial charge in [-0.05, 0) is 71.7 Å². The Kier molecular flexibility index (Phi) is 10.8. The highest BCUT2D eigenvalue weighted by atomic mass is 16.5. The van der Waals surface area contributed by atoms with Gasteiger partial charge in [-0.1, -0.05) is 84.9 Å². The molecule has 2 fully saturated rings. The van der Waals surface area contributed by atoms with Gasteiger partial charge in [0.05, 0.1) is 31.0 Å². The van der Waals surface area contributed by atoms with Crippen molar-refractivity contribution in [3.63, 3.8) is 0 Å². The molecule has 0 radical (unpaired) electrons. The molecule has 3 N–H and O–H groups in total. The normalized spacial score (nSPS) is 17.9. The van der Waals surface area contributed by atoms with Gasteiger partial charge in [0.2, 0.25) is 5.91 Å². The number of nitrogens with one attached hydrogen (secondary N) is 1. The monoisotopic (exact) mass is 632 g/mol. The van der Waals surface area contributed by atoms with E-state index in [1.807, 2.05) is 72.8 Å². The van der Waals surface area contributed by atoms with E-state index in [1.165, 1.54) is 0 Å². The Morgan fingerprint density at radius 1 is 0.787 bits per heavy atom. The van der Waals surface area contributed by atoms with Crippen LogP contribution in [0, 0.1) is 0 Å². The summed E-state index contributed by atoms with van der Waals surface area (Å²) in [5.41, 5.74) is 12.8. The molecule has 0 atom stereocenters. The number of ether oxygens (including phenoxy) is 2. The van der Waals surface area contributed by atoms with Gasteiger partial charge in [0.15, 0.2) is 0 Å². The largest absolute Gasteiger partial charge is 0.444 e. The number of carbonyl (C=O) groups is 2. The molecule has 0 spiro atoms. The van der Waals surface area contributed by atoms with E-state index in [1.54, 1.807) is 0 Å². The third-order valence-electron chi connectivity index (χ3n) is 9.11. The van der Waals surface area contributed by atoms with Crippen LogP contribution in [0.3, 0.4) is 0 Å². The third-order valence-corrected chi connectivity index (χ3v) is 9.11. The highest BCUT2D eigenvalue weighted by Crippen LogP contribution is 2.33. The average molecular weight is 633 g/mol. The van der Waals surface area contributed by atoms with Crippen LogP contribution in [0.1, 0.15) is 42.4 Å². The van der Waals surface area contributed by atoms with Gasteiger partial charge in [0.25, 0.3) is 0 Å². The number of rotatable bonds is 10. The fourth-order valence-electron chi connectivity index (χ4n) is 6.52. The molecule has 47 heavy (non-hydrogen) atoms. The topological polar surface area (TPSA) is 97.1 Å². The summed E-state index contributed by atoms with van der Waals surface area (Å²) in [6, 6.07) is 34.5. The van der Waals surface area contributed by atoms with Gasteiger partial charge in [0.1, 0.15) is 6.61 Å². The molecule has 2 amide bonds. The minimum Gasteiger partial charge on any atom is -0.444 e. The van der Waals surface area contributed by atoms with Crippen LogP contribution in [0.25, 0.3) is 11.1 Å². The fourth-order valence-corrected chi connectivity index (χ4v) is 6.52. The summed E-state index contributed by atoms with van der Waals surface area (Å²) >= 11 is 0. The van der Waals surface area contributed by atoms with Crippen molar-refractivity contribution in [3.8, 4) is 11.1 Å². The van der Waals surface area contributed by atoms with Crippen LogP contribution in [-0.4, -0.2) is 55.3 Å². The van der Waals surface area contributed by atoms with Crippen molar-refractivity contribution in [3.05, 3.63) is 120 Å². The number of nitrogens with zero attached hydrogens (tertiary/aromatic N) is 2. The Bertz CT molecular complexity index is 1620. The Balaban J connectivity index is 1.23. The molecule has 0 bridgehead atoms. The van der Waals surface area contributed by atoms with Crippen molar-refractivity contribution in [1.82, 2.24) is 4.90 Å². The van der Waals surface area contributed by atoms with Crippen LogP contribution in [-0.2, 0) is 33.8 Å². The van der Waals surface area contributed by atoms with Gasteiger partial charge < -0.3 is 25.0 Å². The summed E-state index contributed by atoms with van der Waals surface area (Å²) in [5, 5.41) is 3.01. The van der Waals surface area contributed by atoms with Crippen molar-refractivity contribution in [2.75, 3.05) is 36.5 Å². The number of hydrogen-bond donors (Lipinski definition) is 2. The number of benzene rings is 4. The maximum Gasteiger partial charge on any atom is 0.412 e. The molecule has 4 aromatic carbocycles. The van der Waals surface area contributed by atoms with Gasteiger partial charge >= 0.3 is 6.09 Å². The van der Waals surface area contributed by atoms with E-state index in [9.17, 15) is 9.59 Å². The SMILES string of the molecule is NC1CCC(N(Cc2cccc(-c3ccc(N4CCOCC4)c(NC(=O)OCc4ccccc4)c3)c2)C(=O)Cc2ccccc2)CC1. The lowest BCUT2D eigenvalue weighted by molar-refractivity contribution is -0.134. The smallest absolute Gasteiger partial charge is 0.412 e. The average Bonchev–Trinajstić information content (AvgIpc) is 3.11. The Morgan fingerprint density at radius 3 is 2.17 bits per heavy atom. The molecule has 6 rings (SSSR count). The van der Waals surface area contributed by atoms with Crippen molar-refractivity contribution in [1.29, 1.82) is 0 Å².